The fourth-order valence-electron chi connectivity index (χ4n) is 1.31. The Hall–Kier alpha value is -0.940. The fraction of sp³-hybridized carbons (Fsp3) is 0.545. The lowest BCUT2D eigenvalue weighted by Crippen LogP contribution is -2.22. The molecule has 0 bridgehead atoms. The highest BCUT2D eigenvalue weighted by Gasteiger charge is 2.09. The molecule has 5 heteroatoms. The van der Waals surface area contributed by atoms with Gasteiger partial charge in [-0.1, -0.05) is 0 Å². The molecule has 0 aliphatic carbocycles. The third-order valence-corrected chi connectivity index (χ3v) is 2.79. The van der Waals surface area contributed by atoms with Gasteiger partial charge in [-0.05, 0) is 18.4 Å². The number of hydrogen-bond donors (Lipinski definition) is 2. The van der Waals surface area contributed by atoms with Crippen molar-refractivity contribution in [3.05, 3.63) is 23.5 Å². The number of nitrogens with zero attached hydrogens (tertiary/aromatic N) is 1. The minimum absolute atomic E-state index is 0.00960. The van der Waals surface area contributed by atoms with Crippen LogP contribution in [0.3, 0.4) is 0 Å². The molecule has 0 spiro atoms. The third-order valence-electron chi connectivity index (χ3n) is 2.18. The number of thioether (sulfide) groups is 1. The Labute approximate surface area is 101 Å². The second-order valence-corrected chi connectivity index (χ2v) is 4.75. The van der Waals surface area contributed by atoms with Gasteiger partial charge in [0.1, 0.15) is 5.69 Å². The Morgan fingerprint density at radius 2 is 2.25 bits per heavy atom. The Morgan fingerprint density at radius 1 is 1.50 bits per heavy atom. The lowest BCUT2D eigenvalue weighted by molar-refractivity contribution is 0.0822. The molecule has 1 amide bonds. The van der Waals surface area contributed by atoms with Gasteiger partial charge < -0.3 is 15.2 Å². The van der Waals surface area contributed by atoms with E-state index in [1.807, 2.05) is 23.9 Å². The summed E-state index contributed by atoms with van der Waals surface area (Å²) in [5, 5.41) is 3.31. The SMILES string of the molecule is CSCCNCc1ccc(C(=O)N(C)C)[nH]1. The molecule has 16 heavy (non-hydrogen) atoms. The van der Waals surface area contributed by atoms with Gasteiger partial charge in [0.25, 0.3) is 5.91 Å². The Kier molecular flexibility index (Phi) is 5.42. The first-order valence-electron chi connectivity index (χ1n) is 5.24. The number of hydrogen-bond acceptors (Lipinski definition) is 3. The maximum atomic E-state index is 11.6. The van der Waals surface area contributed by atoms with Crippen molar-refractivity contribution in [2.24, 2.45) is 0 Å². The number of H-pyrrole nitrogens is 1. The fourth-order valence-corrected chi connectivity index (χ4v) is 1.65. The lowest BCUT2D eigenvalue weighted by Gasteiger charge is -2.08. The Balaban J connectivity index is 2.42. The highest BCUT2D eigenvalue weighted by molar-refractivity contribution is 7.98. The quantitative estimate of drug-likeness (QED) is 0.735. The molecule has 0 radical (unpaired) electrons. The van der Waals surface area contributed by atoms with Crippen molar-refractivity contribution in [3.63, 3.8) is 0 Å². The first kappa shape index (κ1) is 13.1. The summed E-state index contributed by atoms with van der Waals surface area (Å²) in [5.74, 6) is 1.11. The van der Waals surface area contributed by atoms with Crippen LogP contribution in [0.4, 0.5) is 0 Å². The van der Waals surface area contributed by atoms with Gasteiger partial charge in [-0.2, -0.15) is 11.8 Å². The lowest BCUT2D eigenvalue weighted by atomic mass is 10.4. The molecule has 0 saturated carbocycles. The van der Waals surface area contributed by atoms with Crippen molar-refractivity contribution in [3.8, 4) is 0 Å². The molecule has 0 aromatic carbocycles. The molecule has 90 valence electrons. The van der Waals surface area contributed by atoms with Crippen molar-refractivity contribution in [1.29, 1.82) is 0 Å². The highest BCUT2D eigenvalue weighted by Crippen LogP contribution is 2.03. The molecule has 1 aromatic heterocycles. The molecule has 0 fully saturated rings. The number of aromatic nitrogens is 1. The summed E-state index contributed by atoms with van der Waals surface area (Å²) in [5.41, 5.74) is 1.69. The van der Waals surface area contributed by atoms with Gasteiger partial charge >= 0.3 is 0 Å². The molecule has 0 aliphatic rings. The third kappa shape index (κ3) is 3.90. The van der Waals surface area contributed by atoms with E-state index in [1.165, 1.54) is 0 Å². The summed E-state index contributed by atoms with van der Waals surface area (Å²) in [4.78, 5) is 16.3. The van der Waals surface area contributed by atoms with Gasteiger partial charge in [0, 0.05) is 38.6 Å². The number of nitrogens with one attached hydrogen (secondary N) is 2. The van der Waals surface area contributed by atoms with Crippen LogP contribution in [-0.4, -0.2) is 48.4 Å². The smallest absolute Gasteiger partial charge is 0.269 e. The molecule has 0 atom stereocenters. The summed E-state index contributed by atoms with van der Waals surface area (Å²) in [6.07, 6.45) is 2.09. The maximum absolute atomic E-state index is 11.6. The topological polar surface area (TPSA) is 48.1 Å². The van der Waals surface area contributed by atoms with Crippen molar-refractivity contribution in [1.82, 2.24) is 15.2 Å². The Morgan fingerprint density at radius 3 is 2.88 bits per heavy atom. The van der Waals surface area contributed by atoms with Crippen LogP contribution in [0.1, 0.15) is 16.2 Å². The largest absolute Gasteiger partial charge is 0.353 e. The van der Waals surface area contributed by atoms with E-state index in [0.29, 0.717) is 5.69 Å². The zero-order valence-electron chi connectivity index (χ0n) is 10.0. The van der Waals surface area contributed by atoms with Gasteiger partial charge in [0.15, 0.2) is 0 Å². The van der Waals surface area contributed by atoms with Crippen molar-refractivity contribution in [2.75, 3.05) is 32.6 Å². The van der Waals surface area contributed by atoms with Gasteiger partial charge in [0.2, 0.25) is 0 Å². The van der Waals surface area contributed by atoms with Crippen LogP contribution in [0.5, 0.6) is 0 Å². The van der Waals surface area contributed by atoms with Crippen molar-refractivity contribution in [2.45, 2.75) is 6.54 Å². The first-order valence-corrected chi connectivity index (χ1v) is 6.63. The molecule has 0 aliphatic heterocycles. The van der Waals surface area contributed by atoms with Gasteiger partial charge in [-0.3, -0.25) is 4.79 Å². The Bertz CT molecular complexity index is 336. The summed E-state index contributed by atoms with van der Waals surface area (Å²) in [6, 6.07) is 3.77. The number of carbonyl (C=O) groups is 1. The zero-order valence-corrected chi connectivity index (χ0v) is 10.9. The van der Waals surface area contributed by atoms with Crippen LogP contribution in [-0.2, 0) is 6.54 Å². The molecular formula is C11H19N3OS. The van der Waals surface area contributed by atoms with Gasteiger partial charge in [0.05, 0.1) is 0 Å². The predicted molar refractivity (Wildman–Crippen MR) is 68.9 cm³/mol. The molecule has 0 saturated heterocycles. The number of carbonyl (C=O) groups excluding carboxylic acids is 1. The molecule has 4 nitrogen and oxygen atoms in total. The molecule has 0 unspecified atom stereocenters. The van der Waals surface area contributed by atoms with Crippen LogP contribution in [0.25, 0.3) is 0 Å². The molecule has 1 aromatic rings. The van der Waals surface area contributed by atoms with Crippen LogP contribution in [0.15, 0.2) is 12.1 Å². The van der Waals surface area contributed by atoms with E-state index >= 15 is 0 Å². The monoisotopic (exact) mass is 241 g/mol. The van der Waals surface area contributed by atoms with Crippen LogP contribution < -0.4 is 5.32 Å². The molecule has 1 heterocycles. The number of amides is 1. The minimum atomic E-state index is 0.00960. The second kappa shape index (κ2) is 6.60. The predicted octanol–water partition coefficient (Wildman–Crippen LogP) is 1.17. The van der Waals surface area contributed by atoms with E-state index in [9.17, 15) is 4.79 Å². The normalized spacial score (nSPS) is 10.4. The van der Waals surface area contributed by atoms with E-state index in [2.05, 4.69) is 16.6 Å². The van der Waals surface area contributed by atoms with Crippen LogP contribution in [0.2, 0.25) is 0 Å². The average Bonchev–Trinajstić information content (AvgIpc) is 2.72. The number of rotatable bonds is 6. The van der Waals surface area contributed by atoms with Gasteiger partial charge in [-0.15, -0.1) is 0 Å². The van der Waals surface area contributed by atoms with Crippen LogP contribution in [0, 0.1) is 0 Å². The van der Waals surface area contributed by atoms with Crippen molar-refractivity contribution >= 4 is 17.7 Å². The van der Waals surface area contributed by atoms with E-state index < -0.39 is 0 Å². The van der Waals surface area contributed by atoms with Crippen LogP contribution >= 0.6 is 11.8 Å². The van der Waals surface area contributed by atoms with E-state index in [-0.39, 0.29) is 5.91 Å². The second-order valence-electron chi connectivity index (χ2n) is 3.77. The summed E-state index contributed by atoms with van der Waals surface area (Å²) < 4.78 is 0. The molecular weight excluding hydrogens is 222 g/mol. The van der Waals surface area contributed by atoms with E-state index in [0.717, 1.165) is 24.5 Å². The first-order chi connectivity index (χ1) is 7.65. The summed E-state index contributed by atoms with van der Waals surface area (Å²) in [7, 11) is 3.50. The number of aromatic amines is 1. The zero-order chi connectivity index (χ0) is 12.0. The summed E-state index contributed by atoms with van der Waals surface area (Å²) in [6.45, 7) is 1.76. The molecule has 2 N–H and O–H groups in total. The van der Waals surface area contributed by atoms with E-state index in [1.54, 1.807) is 19.0 Å². The minimum Gasteiger partial charge on any atom is -0.353 e. The standard InChI is InChI=1S/C11H19N3OS/c1-14(2)11(15)10-5-4-9(13-10)8-12-6-7-16-3/h4-5,12-13H,6-8H2,1-3H3. The average molecular weight is 241 g/mol. The van der Waals surface area contributed by atoms with Gasteiger partial charge in [-0.25, -0.2) is 0 Å². The van der Waals surface area contributed by atoms with E-state index in [4.69, 9.17) is 0 Å². The van der Waals surface area contributed by atoms with Crippen molar-refractivity contribution < 1.29 is 4.79 Å². The maximum Gasteiger partial charge on any atom is 0.269 e. The summed E-state index contributed by atoms with van der Waals surface area (Å²) >= 11 is 1.82. The highest BCUT2D eigenvalue weighted by atomic mass is 32.2. The molecule has 1 rings (SSSR count).